The minimum Gasteiger partial charge on any atom is -0.405 e. The number of hydrogen-bond acceptors (Lipinski definition) is 5. The molecule has 0 bridgehead atoms. The Hall–Kier alpha value is -3.26. The van der Waals surface area contributed by atoms with Gasteiger partial charge in [0.15, 0.2) is 11.6 Å². The second-order valence-corrected chi connectivity index (χ2v) is 14.3. The molecule has 35 heavy (non-hydrogen) atoms. The van der Waals surface area contributed by atoms with Crippen LogP contribution < -0.4 is 16.1 Å². The number of nitrogens with two attached hydrogens (primary N) is 1. The Balaban J connectivity index is 1.40. The number of fused-ring (bicyclic) bond motifs is 1. The molecule has 0 aliphatic carbocycles. The van der Waals surface area contributed by atoms with Crippen LogP contribution >= 0.6 is 0 Å². The van der Waals surface area contributed by atoms with Crippen LogP contribution in [0.5, 0.6) is 0 Å². The summed E-state index contributed by atoms with van der Waals surface area (Å²) in [5.74, 6) is 1.08. The van der Waals surface area contributed by atoms with E-state index in [4.69, 9.17) is 14.9 Å². The third kappa shape index (κ3) is 4.43. The largest absolute Gasteiger partial charge is 0.405 e. The molecule has 0 saturated carbocycles. The normalized spacial score (nSPS) is 16.9. The first-order valence-electron chi connectivity index (χ1n) is 12.1. The van der Waals surface area contributed by atoms with E-state index in [9.17, 15) is 0 Å². The van der Waals surface area contributed by atoms with Gasteiger partial charge in [0.1, 0.15) is 5.52 Å². The summed E-state index contributed by atoms with van der Waals surface area (Å²) in [5.41, 5.74) is 7.89. The third-order valence-electron chi connectivity index (χ3n) is 6.71. The molecule has 0 radical (unpaired) electrons. The lowest BCUT2D eigenvalue weighted by Crippen LogP contribution is -2.67. The molecule has 1 aliphatic heterocycles. The van der Waals surface area contributed by atoms with Gasteiger partial charge in [0, 0.05) is 11.8 Å². The van der Waals surface area contributed by atoms with Crippen molar-refractivity contribution >= 4 is 35.6 Å². The number of ether oxygens (including phenoxy) is 1. The lowest BCUT2D eigenvalue weighted by atomic mass is 10.1. The maximum absolute atomic E-state index is 7.04. The molecule has 0 amide bonds. The van der Waals surface area contributed by atoms with Crippen molar-refractivity contribution in [1.29, 1.82) is 0 Å². The van der Waals surface area contributed by atoms with Crippen molar-refractivity contribution in [3.05, 3.63) is 90.9 Å². The third-order valence-corrected chi connectivity index (χ3v) is 11.7. The molecule has 5 rings (SSSR count). The standard InChI is InChI=1S/C28H32N4O2Si/c1-28(2,3)35(23-11-6-4-7-12-23,24-13-8-5-9-14-24)34-20-22-17-16-21(19-33-22)27-30-26(29)25-15-10-18-32(25)31-27/h4-16,18,22H,17,19-20H2,1-3H3,(H2,29,30,31). The van der Waals surface area contributed by atoms with Gasteiger partial charge in [-0.1, -0.05) is 87.5 Å². The van der Waals surface area contributed by atoms with Gasteiger partial charge in [0.05, 0.1) is 19.3 Å². The molecule has 2 aromatic carbocycles. The van der Waals surface area contributed by atoms with Crippen LogP contribution in [-0.2, 0) is 9.16 Å². The van der Waals surface area contributed by atoms with Gasteiger partial charge in [-0.05, 0) is 34.0 Å². The van der Waals surface area contributed by atoms with Gasteiger partial charge >= 0.3 is 0 Å². The van der Waals surface area contributed by atoms with E-state index >= 15 is 0 Å². The Labute approximate surface area is 207 Å². The first-order chi connectivity index (χ1) is 16.9. The van der Waals surface area contributed by atoms with Crippen molar-refractivity contribution in [3.8, 4) is 0 Å². The molecule has 7 heteroatoms. The van der Waals surface area contributed by atoms with Crippen molar-refractivity contribution in [1.82, 2.24) is 14.6 Å². The van der Waals surface area contributed by atoms with Crippen LogP contribution in [0.4, 0.5) is 5.82 Å². The van der Waals surface area contributed by atoms with Crippen LogP contribution in [0.3, 0.4) is 0 Å². The number of anilines is 1. The molecule has 1 aliphatic rings. The number of benzene rings is 2. The molecule has 0 spiro atoms. The minimum absolute atomic E-state index is 0.0342. The molecule has 0 fully saturated rings. The number of aromatic nitrogens is 3. The Morgan fingerprint density at radius 2 is 1.66 bits per heavy atom. The fraction of sp³-hybridized carbons (Fsp3) is 0.286. The fourth-order valence-corrected chi connectivity index (χ4v) is 9.55. The topological polar surface area (TPSA) is 74.7 Å². The van der Waals surface area contributed by atoms with Crippen molar-refractivity contribution in [3.63, 3.8) is 0 Å². The summed E-state index contributed by atoms with van der Waals surface area (Å²) < 4.78 is 15.1. The monoisotopic (exact) mass is 484 g/mol. The highest BCUT2D eigenvalue weighted by Crippen LogP contribution is 2.37. The SMILES string of the molecule is CC(C)(C)[Si](OCC1CC=C(c2nc(N)c3cccn3n2)CO1)(c1ccccc1)c1ccccc1. The first-order valence-corrected chi connectivity index (χ1v) is 14.0. The zero-order valence-corrected chi connectivity index (χ0v) is 21.5. The number of rotatable bonds is 6. The van der Waals surface area contributed by atoms with Crippen molar-refractivity contribution in [2.75, 3.05) is 18.9 Å². The van der Waals surface area contributed by atoms with E-state index in [1.807, 2.05) is 18.3 Å². The van der Waals surface area contributed by atoms with Crippen LogP contribution in [0.15, 0.2) is 85.1 Å². The number of hydrogen-bond donors (Lipinski definition) is 1. The van der Waals surface area contributed by atoms with E-state index < -0.39 is 8.32 Å². The van der Waals surface area contributed by atoms with Crippen LogP contribution in [0.25, 0.3) is 11.1 Å². The van der Waals surface area contributed by atoms with Crippen LogP contribution in [0.2, 0.25) is 5.04 Å². The Morgan fingerprint density at radius 1 is 1.00 bits per heavy atom. The molecule has 2 N–H and O–H groups in total. The Bertz CT molecular complexity index is 1290. The van der Waals surface area contributed by atoms with Gasteiger partial charge in [-0.3, -0.25) is 0 Å². The summed E-state index contributed by atoms with van der Waals surface area (Å²) in [4.78, 5) is 4.49. The molecule has 3 heterocycles. The van der Waals surface area contributed by atoms with Crippen molar-refractivity contribution < 1.29 is 9.16 Å². The van der Waals surface area contributed by atoms with Crippen molar-refractivity contribution in [2.24, 2.45) is 0 Å². The van der Waals surface area contributed by atoms with Crippen molar-refractivity contribution in [2.45, 2.75) is 38.3 Å². The summed E-state index contributed by atoms with van der Waals surface area (Å²) in [6.45, 7) is 7.83. The summed E-state index contributed by atoms with van der Waals surface area (Å²) in [7, 11) is -2.59. The molecule has 180 valence electrons. The molecule has 6 nitrogen and oxygen atoms in total. The number of nitrogens with zero attached hydrogens (tertiary/aromatic N) is 3. The molecule has 1 atom stereocenters. The quantitative estimate of drug-likeness (QED) is 0.418. The smallest absolute Gasteiger partial charge is 0.261 e. The lowest BCUT2D eigenvalue weighted by molar-refractivity contribution is 0.0324. The van der Waals surface area contributed by atoms with Gasteiger partial charge < -0.3 is 14.9 Å². The van der Waals surface area contributed by atoms with Crippen LogP contribution in [-0.4, -0.2) is 42.2 Å². The van der Waals surface area contributed by atoms with E-state index in [-0.39, 0.29) is 11.1 Å². The summed E-state index contributed by atoms with van der Waals surface area (Å²) in [5, 5.41) is 7.07. The predicted molar refractivity (Wildman–Crippen MR) is 143 cm³/mol. The number of nitrogen functional groups attached to an aromatic ring is 1. The van der Waals surface area contributed by atoms with Gasteiger partial charge in [0.2, 0.25) is 0 Å². The highest BCUT2D eigenvalue weighted by atomic mass is 28.4. The van der Waals surface area contributed by atoms with Gasteiger partial charge in [-0.15, -0.1) is 5.10 Å². The maximum Gasteiger partial charge on any atom is 0.261 e. The van der Waals surface area contributed by atoms with E-state index in [1.165, 1.54) is 10.4 Å². The molecule has 1 unspecified atom stereocenters. The second kappa shape index (κ2) is 9.41. The van der Waals surface area contributed by atoms with E-state index in [2.05, 4.69) is 97.6 Å². The second-order valence-electron chi connectivity index (χ2n) is 10.0. The van der Waals surface area contributed by atoms with Crippen LogP contribution in [0.1, 0.15) is 33.0 Å². The van der Waals surface area contributed by atoms with Gasteiger partial charge in [-0.25, -0.2) is 9.50 Å². The highest BCUT2D eigenvalue weighted by molar-refractivity contribution is 6.99. The first kappa shape index (κ1) is 23.5. The average molecular weight is 485 g/mol. The zero-order chi connectivity index (χ0) is 24.5. The molecule has 2 aromatic heterocycles. The summed E-state index contributed by atoms with van der Waals surface area (Å²) in [6, 6.07) is 25.2. The maximum atomic E-state index is 7.04. The van der Waals surface area contributed by atoms with E-state index in [0.29, 0.717) is 24.9 Å². The minimum atomic E-state index is -2.59. The molecule has 4 aromatic rings. The summed E-state index contributed by atoms with van der Waals surface area (Å²) >= 11 is 0. The average Bonchev–Trinajstić information content (AvgIpc) is 3.35. The highest BCUT2D eigenvalue weighted by Gasteiger charge is 2.50. The Morgan fingerprint density at radius 3 is 2.23 bits per heavy atom. The molecule has 0 saturated heterocycles. The van der Waals surface area contributed by atoms with E-state index in [0.717, 1.165) is 17.5 Å². The van der Waals surface area contributed by atoms with Gasteiger partial charge in [-0.2, -0.15) is 0 Å². The lowest BCUT2D eigenvalue weighted by Gasteiger charge is -2.43. The fourth-order valence-electron chi connectivity index (χ4n) is 4.95. The van der Waals surface area contributed by atoms with E-state index in [1.54, 1.807) is 4.52 Å². The van der Waals surface area contributed by atoms with Crippen LogP contribution in [0, 0.1) is 0 Å². The molecular formula is C28H32N4O2Si. The predicted octanol–water partition coefficient (Wildman–Crippen LogP) is 4.06. The zero-order valence-electron chi connectivity index (χ0n) is 20.5. The molecular weight excluding hydrogens is 452 g/mol. The summed E-state index contributed by atoms with van der Waals surface area (Å²) in [6.07, 6.45) is 4.74. The Kier molecular flexibility index (Phi) is 6.31. The van der Waals surface area contributed by atoms with Gasteiger partial charge in [0.25, 0.3) is 8.32 Å².